The highest BCUT2D eigenvalue weighted by atomic mass is 19.1. The van der Waals surface area contributed by atoms with Gasteiger partial charge in [-0.3, -0.25) is 9.59 Å². The fourth-order valence-electron chi connectivity index (χ4n) is 1.96. The van der Waals surface area contributed by atoms with Gasteiger partial charge in [-0.1, -0.05) is 0 Å². The highest BCUT2D eigenvalue weighted by Gasteiger charge is 2.30. The Labute approximate surface area is 104 Å². The van der Waals surface area contributed by atoms with Crippen molar-refractivity contribution in [3.8, 4) is 0 Å². The Morgan fingerprint density at radius 1 is 1.50 bits per heavy atom. The number of anilines is 1. The number of nitrogens with one attached hydrogen (secondary N) is 1. The molecule has 6 heteroatoms. The van der Waals surface area contributed by atoms with Gasteiger partial charge in [0, 0.05) is 24.3 Å². The van der Waals surface area contributed by atoms with Crippen molar-refractivity contribution in [2.24, 2.45) is 0 Å². The smallest absolute Gasteiger partial charge is 0.254 e. The van der Waals surface area contributed by atoms with E-state index in [4.69, 9.17) is 5.73 Å². The fraction of sp³-hybridized carbons (Fsp3) is 0.333. The summed E-state index contributed by atoms with van der Waals surface area (Å²) in [7, 11) is 0. The van der Waals surface area contributed by atoms with Crippen LogP contribution in [0, 0.1) is 5.82 Å². The molecular weight excluding hydrogens is 237 g/mol. The van der Waals surface area contributed by atoms with Crippen molar-refractivity contribution in [2.45, 2.75) is 13.0 Å². The molecule has 0 aromatic heterocycles. The van der Waals surface area contributed by atoms with Crippen molar-refractivity contribution in [3.63, 3.8) is 0 Å². The first kappa shape index (κ1) is 12.3. The lowest BCUT2D eigenvalue weighted by Gasteiger charge is -2.32. The Hall–Kier alpha value is -2.11. The van der Waals surface area contributed by atoms with Gasteiger partial charge in [0.25, 0.3) is 5.91 Å². The van der Waals surface area contributed by atoms with E-state index in [0.29, 0.717) is 13.1 Å². The molecule has 96 valence electrons. The lowest BCUT2D eigenvalue weighted by atomic mass is 10.1. The number of hydrogen-bond acceptors (Lipinski definition) is 3. The third kappa shape index (κ3) is 2.27. The molecule has 1 heterocycles. The second kappa shape index (κ2) is 4.64. The number of hydrogen-bond donors (Lipinski definition) is 2. The molecule has 1 aromatic carbocycles. The average molecular weight is 251 g/mol. The van der Waals surface area contributed by atoms with Gasteiger partial charge in [0.15, 0.2) is 0 Å². The standard InChI is InChI=1S/C12H14FN3O2/c1-7-11(17)15-2-3-16(7)12(18)8-4-9(13)6-10(14)5-8/h4-7H,2-3,14H2,1H3,(H,15,17). The molecular formula is C12H14FN3O2. The Bertz CT molecular complexity index is 484. The molecule has 0 saturated carbocycles. The van der Waals surface area contributed by atoms with Gasteiger partial charge in [-0.05, 0) is 25.1 Å². The molecule has 2 rings (SSSR count). The van der Waals surface area contributed by atoms with Gasteiger partial charge in [0.2, 0.25) is 5.91 Å². The number of piperazine rings is 1. The maximum Gasteiger partial charge on any atom is 0.254 e. The number of halogens is 1. The van der Waals surface area contributed by atoms with Crippen LogP contribution in [-0.4, -0.2) is 35.8 Å². The first-order chi connectivity index (χ1) is 8.49. The van der Waals surface area contributed by atoms with Crippen molar-refractivity contribution in [2.75, 3.05) is 18.8 Å². The van der Waals surface area contributed by atoms with Crippen LogP contribution in [0.4, 0.5) is 10.1 Å². The molecule has 0 bridgehead atoms. The number of amides is 2. The number of rotatable bonds is 1. The highest BCUT2D eigenvalue weighted by molar-refractivity contribution is 5.98. The van der Waals surface area contributed by atoms with E-state index in [9.17, 15) is 14.0 Å². The molecule has 18 heavy (non-hydrogen) atoms. The van der Waals surface area contributed by atoms with Crippen molar-refractivity contribution >= 4 is 17.5 Å². The first-order valence-electron chi connectivity index (χ1n) is 5.64. The van der Waals surface area contributed by atoms with Crippen LogP contribution in [0.15, 0.2) is 18.2 Å². The number of nitrogens with zero attached hydrogens (tertiary/aromatic N) is 1. The minimum atomic E-state index is -0.563. The summed E-state index contributed by atoms with van der Waals surface area (Å²) < 4.78 is 13.2. The monoisotopic (exact) mass is 251 g/mol. The lowest BCUT2D eigenvalue weighted by Crippen LogP contribution is -2.55. The highest BCUT2D eigenvalue weighted by Crippen LogP contribution is 2.15. The van der Waals surface area contributed by atoms with Crippen LogP contribution in [0.25, 0.3) is 0 Å². The molecule has 3 N–H and O–H groups in total. The zero-order valence-corrected chi connectivity index (χ0v) is 9.94. The Morgan fingerprint density at radius 3 is 2.89 bits per heavy atom. The van der Waals surface area contributed by atoms with Gasteiger partial charge in [0.1, 0.15) is 11.9 Å². The molecule has 5 nitrogen and oxygen atoms in total. The van der Waals surface area contributed by atoms with Gasteiger partial charge in [-0.15, -0.1) is 0 Å². The maximum absolute atomic E-state index is 13.2. The van der Waals surface area contributed by atoms with E-state index >= 15 is 0 Å². The second-order valence-corrected chi connectivity index (χ2v) is 4.24. The minimum absolute atomic E-state index is 0.161. The van der Waals surface area contributed by atoms with E-state index in [-0.39, 0.29) is 23.1 Å². The van der Waals surface area contributed by atoms with Crippen LogP contribution in [-0.2, 0) is 4.79 Å². The van der Waals surface area contributed by atoms with Crippen molar-refractivity contribution < 1.29 is 14.0 Å². The van der Waals surface area contributed by atoms with Crippen LogP contribution in [0.5, 0.6) is 0 Å². The summed E-state index contributed by atoms with van der Waals surface area (Å²) in [5, 5.41) is 2.66. The van der Waals surface area contributed by atoms with E-state index < -0.39 is 11.9 Å². The molecule has 1 aromatic rings. The molecule has 1 aliphatic heterocycles. The third-order valence-corrected chi connectivity index (χ3v) is 2.93. The summed E-state index contributed by atoms with van der Waals surface area (Å²) in [6.07, 6.45) is 0. The predicted octanol–water partition coefficient (Wildman–Crippen LogP) is 0.368. The predicted molar refractivity (Wildman–Crippen MR) is 64.3 cm³/mol. The Morgan fingerprint density at radius 2 is 2.22 bits per heavy atom. The van der Waals surface area contributed by atoms with E-state index in [1.54, 1.807) is 6.92 Å². The van der Waals surface area contributed by atoms with E-state index in [2.05, 4.69) is 5.32 Å². The second-order valence-electron chi connectivity index (χ2n) is 4.24. The van der Waals surface area contributed by atoms with E-state index in [1.165, 1.54) is 11.0 Å². The molecule has 1 fully saturated rings. The summed E-state index contributed by atoms with van der Waals surface area (Å²) in [5.74, 6) is -1.16. The molecule has 1 atom stereocenters. The summed E-state index contributed by atoms with van der Waals surface area (Å²) in [4.78, 5) is 25.1. The zero-order chi connectivity index (χ0) is 13.3. The molecule has 1 aliphatic rings. The topological polar surface area (TPSA) is 75.4 Å². The zero-order valence-electron chi connectivity index (χ0n) is 9.94. The van der Waals surface area contributed by atoms with Crippen molar-refractivity contribution in [3.05, 3.63) is 29.6 Å². The van der Waals surface area contributed by atoms with Gasteiger partial charge >= 0.3 is 0 Å². The minimum Gasteiger partial charge on any atom is -0.399 e. The number of carbonyl (C=O) groups excluding carboxylic acids is 2. The van der Waals surface area contributed by atoms with Crippen LogP contribution >= 0.6 is 0 Å². The largest absolute Gasteiger partial charge is 0.399 e. The maximum atomic E-state index is 13.2. The van der Waals surface area contributed by atoms with Gasteiger partial charge < -0.3 is 16.0 Å². The lowest BCUT2D eigenvalue weighted by molar-refractivity contribution is -0.127. The third-order valence-electron chi connectivity index (χ3n) is 2.93. The Balaban J connectivity index is 2.27. The number of nitrogens with two attached hydrogens (primary N) is 1. The summed E-state index contributed by atoms with van der Waals surface area (Å²) >= 11 is 0. The SMILES string of the molecule is CC1C(=O)NCCN1C(=O)c1cc(N)cc(F)c1. The van der Waals surface area contributed by atoms with Gasteiger partial charge in [-0.2, -0.15) is 0 Å². The molecule has 2 amide bonds. The quantitative estimate of drug-likeness (QED) is 0.708. The van der Waals surface area contributed by atoms with E-state index in [0.717, 1.165) is 12.1 Å². The van der Waals surface area contributed by atoms with E-state index in [1.807, 2.05) is 0 Å². The number of nitrogen functional groups attached to an aromatic ring is 1. The molecule has 0 aliphatic carbocycles. The van der Waals surface area contributed by atoms with Crippen LogP contribution in [0.2, 0.25) is 0 Å². The van der Waals surface area contributed by atoms with Gasteiger partial charge in [-0.25, -0.2) is 4.39 Å². The van der Waals surface area contributed by atoms with Gasteiger partial charge in [0.05, 0.1) is 0 Å². The summed E-state index contributed by atoms with van der Waals surface area (Å²) in [6, 6.07) is 3.11. The fourth-order valence-corrected chi connectivity index (χ4v) is 1.96. The van der Waals surface area contributed by atoms with Crippen LogP contribution in [0.1, 0.15) is 17.3 Å². The van der Waals surface area contributed by atoms with Crippen LogP contribution in [0.3, 0.4) is 0 Å². The first-order valence-corrected chi connectivity index (χ1v) is 5.64. The normalized spacial score (nSPS) is 19.6. The molecule has 0 spiro atoms. The number of carbonyl (C=O) groups is 2. The molecule has 0 radical (unpaired) electrons. The summed E-state index contributed by atoms with van der Waals surface area (Å²) in [5.41, 5.74) is 5.85. The average Bonchev–Trinajstić information content (AvgIpc) is 2.30. The molecule has 1 unspecified atom stereocenters. The Kier molecular flexibility index (Phi) is 3.18. The van der Waals surface area contributed by atoms with Crippen molar-refractivity contribution in [1.29, 1.82) is 0 Å². The van der Waals surface area contributed by atoms with Crippen molar-refractivity contribution in [1.82, 2.24) is 10.2 Å². The molecule has 1 saturated heterocycles. The number of benzene rings is 1. The summed E-state index contributed by atoms with van der Waals surface area (Å²) in [6.45, 7) is 2.44. The van der Waals surface area contributed by atoms with Crippen LogP contribution < -0.4 is 11.1 Å².